The van der Waals surface area contributed by atoms with Crippen LogP contribution in [-0.2, 0) is 18.4 Å². The number of hydrogen-bond acceptors (Lipinski definition) is 5. The van der Waals surface area contributed by atoms with Crippen molar-refractivity contribution in [2.24, 2.45) is 7.05 Å². The number of imidazole rings is 1. The van der Waals surface area contributed by atoms with Crippen LogP contribution in [0.15, 0.2) is 21.7 Å². The standard InChI is InChI=1S/C16H22N6O3/c1-10(2)9-22-12-13(19(4)16(25)18-14(12)24)17-15(22)21-7-5-20(6-8-21)11(3)23/h1,5-9H2,2-4H3,(H,18,24,25). The van der Waals surface area contributed by atoms with Crippen molar-refractivity contribution >= 4 is 23.0 Å². The predicted octanol–water partition coefficient (Wildman–Crippen LogP) is -0.332. The van der Waals surface area contributed by atoms with Gasteiger partial charge in [-0.2, -0.15) is 4.98 Å². The molecule has 0 radical (unpaired) electrons. The van der Waals surface area contributed by atoms with Crippen molar-refractivity contribution in [2.75, 3.05) is 31.1 Å². The molecule has 134 valence electrons. The van der Waals surface area contributed by atoms with Crippen molar-refractivity contribution < 1.29 is 4.79 Å². The third-order valence-corrected chi connectivity index (χ3v) is 4.42. The molecule has 2 aromatic heterocycles. The minimum atomic E-state index is -0.495. The molecule has 3 rings (SSSR count). The number of aryl methyl sites for hydroxylation is 1. The summed E-state index contributed by atoms with van der Waals surface area (Å²) >= 11 is 0. The van der Waals surface area contributed by atoms with Crippen LogP contribution in [0.4, 0.5) is 5.95 Å². The number of amides is 1. The number of hydrogen-bond donors (Lipinski definition) is 1. The Bertz CT molecular complexity index is 959. The molecule has 1 aliphatic rings. The average Bonchev–Trinajstić information content (AvgIpc) is 2.92. The zero-order valence-electron chi connectivity index (χ0n) is 14.7. The Morgan fingerprint density at radius 3 is 2.40 bits per heavy atom. The first-order chi connectivity index (χ1) is 11.8. The highest BCUT2D eigenvalue weighted by Crippen LogP contribution is 2.22. The van der Waals surface area contributed by atoms with E-state index >= 15 is 0 Å². The second-order valence-electron chi connectivity index (χ2n) is 6.44. The van der Waals surface area contributed by atoms with Crippen molar-refractivity contribution in [3.05, 3.63) is 33.0 Å². The van der Waals surface area contributed by atoms with E-state index in [1.54, 1.807) is 23.4 Å². The summed E-state index contributed by atoms with van der Waals surface area (Å²) in [7, 11) is 1.58. The minimum absolute atomic E-state index is 0.0499. The number of nitrogens with zero attached hydrogens (tertiary/aromatic N) is 5. The number of carbonyl (C=O) groups excluding carboxylic acids is 1. The lowest BCUT2D eigenvalue weighted by atomic mass is 10.3. The number of anilines is 1. The topological polar surface area (TPSA) is 96.2 Å². The fraction of sp³-hybridized carbons (Fsp3) is 0.500. The second kappa shape index (κ2) is 6.23. The molecule has 1 N–H and O–H groups in total. The molecule has 0 aliphatic carbocycles. The van der Waals surface area contributed by atoms with Crippen LogP contribution in [0.25, 0.3) is 11.2 Å². The van der Waals surface area contributed by atoms with Crippen molar-refractivity contribution in [3.8, 4) is 0 Å². The highest BCUT2D eigenvalue weighted by Gasteiger charge is 2.25. The fourth-order valence-electron chi connectivity index (χ4n) is 3.11. The van der Waals surface area contributed by atoms with E-state index in [0.717, 1.165) is 5.57 Å². The summed E-state index contributed by atoms with van der Waals surface area (Å²) in [5.74, 6) is 0.668. The number of carbonyl (C=O) groups is 1. The van der Waals surface area contributed by atoms with Crippen LogP contribution >= 0.6 is 0 Å². The molecule has 25 heavy (non-hydrogen) atoms. The number of fused-ring (bicyclic) bond motifs is 1. The van der Waals surface area contributed by atoms with Crippen molar-refractivity contribution in [3.63, 3.8) is 0 Å². The van der Waals surface area contributed by atoms with Crippen molar-refractivity contribution in [1.82, 2.24) is 24.0 Å². The van der Waals surface area contributed by atoms with Crippen LogP contribution in [-0.4, -0.2) is 56.1 Å². The summed E-state index contributed by atoms with van der Waals surface area (Å²) in [4.78, 5) is 46.5. The highest BCUT2D eigenvalue weighted by molar-refractivity contribution is 5.75. The van der Waals surface area contributed by atoms with Gasteiger partial charge in [0.15, 0.2) is 11.2 Å². The smallest absolute Gasteiger partial charge is 0.329 e. The van der Waals surface area contributed by atoms with Gasteiger partial charge >= 0.3 is 5.69 Å². The van der Waals surface area contributed by atoms with Gasteiger partial charge < -0.3 is 14.4 Å². The Balaban J connectivity index is 2.11. The van der Waals surface area contributed by atoms with Gasteiger partial charge in [-0.25, -0.2) is 4.79 Å². The number of aromatic amines is 1. The third kappa shape index (κ3) is 2.97. The maximum absolute atomic E-state index is 12.4. The zero-order chi connectivity index (χ0) is 18.3. The van der Waals surface area contributed by atoms with Crippen LogP contribution in [0.2, 0.25) is 0 Å². The van der Waals surface area contributed by atoms with Gasteiger partial charge in [0.2, 0.25) is 11.9 Å². The summed E-state index contributed by atoms with van der Waals surface area (Å²) in [6, 6.07) is 0. The normalized spacial score (nSPS) is 15.0. The molecular formula is C16H22N6O3. The van der Waals surface area contributed by atoms with Crippen LogP contribution in [0, 0.1) is 0 Å². The van der Waals surface area contributed by atoms with Crippen LogP contribution in [0.1, 0.15) is 13.8 Å². The van der Waals surface area contributed by atoms with Gasteiger partial charge in [0.1, 0.15) is 0 Å². The summed E-state index contributed by atoms with van der Waals surface area (Å²) < 4.78 is 3.13. The van der Waals surface area contributed by atoms with Crippen molar-refractivity contribution in [1.29, 1.82) is 0 Å². The number of aromatic nitrogens is 4. The highest BCUT2D eigenvalue weighted by atomic mass is 16.2. The molecule has 9 heteroatoms. The largest absolute Gasteiger partial charge is 0.339 e. The molecule has 0 bridgehead atoms. The molecule has 0 unspecified atom stereocenters. The van der Waals surface area contributed by atoms with E-state index in [1.165, 1.54) is 4.57 Å². The van der Waals surface area contributed by atoms with Gasteiger partial charge in [0, 0.05) is 46.7 Å². The molecule has 1 aliphatic heterocycles. The quantitative estimate of drug-likeness (QED) is 0.768. The number of nitrogens with one attached hydrogen (secondary N) is 1. The number of H-pyrrole nitrogens is 1. The lowest BCUT2D eigenvalue weighted by Crippen LogP contribution is -2.48. The monoisotopic (exact) mass is 346 g/mol. The van der Waals surface area contributed by atoms with Crippen LogP contribution in [0.5, 0.6) is 0 Å². The van der Waals surface area contributed by atoms with E-state index < -0.39 is 11.2 Å². The Labute approximate surface area is 144 Å². The summed E-state index contributed by atoms with van der Waals surface area (Å²) in [5, 5.41) is 0. The third-order valence-electron chi connectivity index (χ3n) is 4.42. The molecular weight excluding hydrogens is 324 g/mol. The van der Waals surface area contributed by atoms with E-state index in [2.05, 4.69) is 16.5 Å². The van der Waals surface area contributed by atoms with E-state index in [9.17, 15) is 14.4 Å². The van der Waals surface area contributed by atoms with E-state index in [-0.39, 0.29) is 5.91 Å². The summed E-state index contributed by atoms with van der Waals surface area (Å²) in [6.07, 6.45) is 0. The Morgan fingerprint density at radius 2 is 1.84 bits per heavy atom. The van der Waals surface area contributed by atoms with Gasteiger partial charge in [-0.15, -0.1) is 0 Å². The molecule has 2 aromatic rings. The molecule has 9 nitrogen and oxygen atoms in total. The lowest BCUT2D eigenvalue weighted by molar-refractivity contribution is -0.129. The molecule has 0 aromatic carbocycles. The first kappa shape index (κ1) is 17.0. The molecule has 1 amide bonds. The Morgan fingerprint density at radius 1 is 1.20 bits per heavy atom. The molecule has 0 spiro atoms. The number of allylic oxidation sites excluding steroid dienone is 1. The molecule has 1 fully saturated rings. The van der Waals surface area contributed by atoms with Gasteiger partial charge in [-0.3, -0.25) is 19.1 Å². The van der Waals surface area contributed by atoms with Gasteiger partial charge in [-0.1, -0.05) is 12.2 Å². The van der Waals surface area contributed by atoms with Gasteiger partial charge in [-0.05, 0) is 6.92 Å². The lowest BCUT2D eigenvalue weighted by Gasteiger charge is -2.35. The molecule has 0 saturated carbocycles. The van der Waals surface area contributed by atoms with E-state index in [1.807, 2.05) is 11.8 Å². The minimum Gasteiger partial charge on any atom is -0.339 e. The fourth-order valence-corrected chi connectivity index (χ4v) is 3.11. The first-order valence-corrected chi connectivity index (χ1v) is 8.14. The molecule has 0 atom stereocenters. The second-order valence-corrected chi connectivity index (χ2v) is 6.44. The summed E-state index contributed by atoms with van der Waals surface area (Å²) in [6.45, 7) is 10.2. The number of piperazine rings is 1. The van der Waals surface area contributed by atoms with Crippen molar-refractivity contribution in [2.45, 2.75) is 20.4 Å². The molecule has 1 saturated heterocycles. The van der Waals surface area contributed by atoms with Crippen LogP contribution in [0.3, 0.4) is 0 Å². The number of rotatable bonds is 3. The maximum Gasteiger partial charge on any atom is 0.329 e. The first-order valence-electron chi connectivity index (χ1n) is 8.14. The van der Waals surface area contributed by atoms with E-state index in [4.69, 9.17) is 0 Å². The average molecular weight is 346 g/mol. The molecule has 3 heterocycles. The summed E-state index contributed by atoms with van der Waals surface area (Å²) in [5.41, 5.74) is 0.621. The van der Waals surface area contributed by atoms with Gasteiger partial charge in [0.25, 0.3) is 5.56 Å². The SMILES string of the molecule is C=C(C)Cn1c(N2CCN(C(C)=O)CC2)nc2c1c(=O)[nH]c(=O)n2C. The van der Waals surface area contributed by atoms with E-state index in [0.29, 0.717) is 49.8 Å². The Hall–Kier alpha value is -2.84. The van der Waals surface area contributed by atoms with Crippen LogP contribution < -0.4 is 16.1 Å². The maximum atomic E-state index is 12.4. The zero-order valence-corrected chi connectivity index (χ0v) is 14.7. The predicted molar refractivity (Wildman–Crippen MR) is 94.9 cm³/mol. The van der Waals surface area contributed by atoms with Gasteiger partial charge in [0.05, 0.1) is 0 Å². The Kier molecular flexibility index (Phi) is 4.23.